The third-order valence-electron chi connectivity index (χ3n) is 6.02. The smallest absolute Gasteiger partial charge is 0.223 e. The van der Waals surface area contributed by atoms with Crippen molar-refractivity contribution in [2.24, 2.45) is 0 Å². The maximum absolute atomic E-state index is 4.42. The fraction of sp³-hybridized carbons (Fsp3) is 0.474. The molecule has 2 heteroatoms. The van der Waals surface area contributed by atoms with Gasteiger partial charge < -0.3 is 0 Å². The van der Waals surface area contributed by atoms with Gasteiger partial charge in [-0.15, -0.1) is 0 Å². The standard InChI is InChI=1S/C19H23N2/c1-5-18-11-19(18,6-2)21-12-20-8-7-16(21)17-14(4)9-13(3)10-15(17)18/h7-10,12H,5-6,11H2,1-4H3/q+1. The Morgan fingerprint density at radius 1 is 1.19 bits per heavy atom. The highest BCUT2D eigenvalue weighted by Crippen LogP contribution is 2.67. The van der Waals surface area contributed by atoms with Gasteiger partial charge in [0, 0.05) is 23.5 Å². The van der Waals surface area contributed by atoms with Crippen LogP contribution in [0.3, 0.4) is 0 Å². The van der Waals surface area contributed by atoms with Crippen LogP contribution in [0.5, 0.6) is 0 Å². The van der Waals surface area contributed by atoms with Gasteiger partial charge in [-0.25, -0.2) is 4.57 Å². The predicted octanol–water partition coefficient (Wildman–Crippen LogP) is 3.82. The van der Waals surface area contributed by atoms with E-state index in [0.717, 1.165) is 0 Å². The molecule has 1 saturated carbocycles. The zero-order valence-corrected chi connectivity index (χ0v) is 13.4. The molecule has 1 fully saturated rings. The number of rotatable bonds is 2. The molecule has 0 spiro atoms. The van der Waals surface area contributed by atoms with Crippen molar-refractivity contribution in [3.05, 3.63) is 47.4 Å². The SMILES string of the molecule is CCC12CC1(CC)[n+]1cnccc1-c1c(C)cc(C)cc12. The molecule has 2 aliphatic rings. The molecule has 1 aliphatic carbocycles. The number of fused-ring (bicyclic) bond motifs is 6. The van der Waals surface area contributed by atoms with Crippen molar-refractivity contribution in [2.45, 2.75) is 57.9 Å². The summed E-state index contributed by atoms with van der Waals surface area (Å²) < 4.78 is 2.47. The minimum absolute atomic E-state index is 0.249. The maximum Gasteiger partial charge on any atom is 0.287 e. The molecule has 0 N–H and O–H groups in total. The topological polar surface area (TPSA) is 16.8 Å². The first-order valence-corrected chi connectivity index (χ1v) is 8.08. The van der Waals surface area contributed by atoms with Crippen molar-refractivity contribution in [3.8, 4) is 11.3 Å². The zero-order valence-electron chi connectivity index (χ0n) is 13.4. The quantitative estimate of drug-likeness (QED) is 0.764. The van der Waals surface area contributed by atoms with Crippen LogP contribution < -0.4 is 4.57 Å². The number of nitrogens with zero attached hydrogens (tertiary/aromatic N) is 2. The molecule has 2 nitrogen and oxygen atoms in total. The highest BCUT2D eigenvalue weighted by Gasteiger charge is 2.73. The second kappa shape index (κ2) is 3.94. The van der Waals surface area contributed by atoms with Crippen LogP contribution in [0.2, 0.25) is 0 Å². The first kappa shape index (κ1) is 13.0. The summed E-state index contributed by atoms with van der Waals surface area (Å²) in [6, 6.07) is 6.94. The summed E-state index contributed by atoms with van der Waals surface area (Å²) in [5.74, 6) is 0. The minimum Gasteiger partial charge on any atom is -0.223 e. The third-order valence-corrected chi connectivity index (χ3v) is 6.02. The summed E-state index contributed by atoms with van der Waals surface area (Å²) in [4.78, 5) is 4.42. The zero-order chi connectivity index (χ0) is 14.8. The number of hydrogen-bond acceptors (Lipinski definition) is 1. The van der Waals surface area contributed by atoms with Crippen molar-refractivity contribution in [2.75, 3.05) is 0 Å². The molecule has 4 rings (SSSR count). The average molecular weight is 279 g/mol. The molecule has 1 aliphatic heterocycles. The van der Waals surface area contributed by atoms with Crippen LogP contribution in [0.25, 0.3) is 11.3 Å². The monoisotopic (exact) mass is 279 g/mol. The van der Waals surface area contributed by atoms with Crippen molar-refractivity contribution >= 4 is 0 Å². The van der Waals surface area contributed by atoms with E-state index in [4.69, 9.17) is 0 Å². The normalized spacial score (nSPS) is 28.6. The van der Waals surface area contributed by atoms with Gasteiger partial charge in [-0.3, -0.25) is 0 Å². The number of aryl methyl sites for hydroxylation is 2. The van der Waals surface area contributed by atoms with Crippen LogP contribution in [0, 0.1) is 13.8 Å². The summed E-state index contributed by atoms with van der Waals surface area (Å²) in [7, 11) is 0. The van der Waals surface area contributed by atoms with Crippen molar-refractivity contribution in [3.63, 3.8) is 0 Å². The lowest BCUT2D eigenvalue weighted by atomic mass is 9.78. The first-order chi connectivity index (χ1) is 10.1. The Bertz CT molecular complexity index is 749. The van der Waals surface area contributed by atoms with Gasteiger partial charge in [-0.1, -0.05) is 36.5 Å². The largest absolute Gasteiger partial charge is 0.287 e. The molecule has 21 heavy (non-hydrogen) atoms. The number of benzene rings is 1. The highest BCUT2D eigenvalue weighted by atomic mass is 15.2. The number of aromatic nitrogens is 2. The summed E-state index contributed by atoms with van der Waals surface area (Å²) in [6.07, 6.45) is 7.62. The summed E-state index contributed by atoms with van der Waals surface area (Å²) in [5, 5.41) is 0. The predicted molar refractivity (Wildman–Crippen MR) is 84.2 cm³/mol. The molecule has 2 atom stereocenters. The van der Waals surface area contributed by atoms with Crippen LogP contribution >= 0.6 is 0 Å². The molecule has 0 amide bonds. The van der Waals surface area contributed by atoms with Gasteiger partial charge in [-0.2, -0.15) is 0 Å². The van der Waals surface area contributed by atoms with E-state index in [1.807, 2.05) is 6.20 Å². The Hall–Kier alpha value is -1.70. The molecule has 2 aromatic rings. The minimum atomic E-state index is 0.249. The van der Waals surface area contributed by atoms with E-state index >= 15 is 0 Å². The van der Waals surface area contributed by atoms with E-state index in [9.17, 15) is 0 Å². The fourth-order valence-electron chi connectivity index (χ4n) is 4.99. The molecule has 2 unspecified atom stereocenters. The van der Waals surface area contributed by atoms with E-state index in [1.54, 1.807) is 5.56 Å². The Kier molecular flexibility index (Phi) is 2.44. The second-order valence-electron chi connectivity index (χ2n) is 6.84. The maximum atomic E-state index is 4.42. The molecule has 0 saturated heterocycles. The first-order valence-electron chi connectivity index (χ1n) is 8.08. The fourth-order valence-corrected chi connectivity index (χ4v) is 4.99. The molecule has 0 radical (unpaired) electrons. The van der Waals surface area contributed by atoms with Crippen molar-refractivity contribution < 1.29 is 4.57 Å². The van der Waals surface area contributed by atoms with Crippen LogP contribution in [-0.2, 0) is 11.0 Å². The molecule has 2 heterocycles. The van der Waals surface area contributed by atoms with E-state index in [2.05, 4.69) is 61.8 Å². The lowest BCUT2D eigenvalue weighted by molar-refractivity contribution is -0.738. The number of hydrogen-bond donors (Lipinski definition) is 0. The molecule has 0 bridgehead atoms. The van der Waals surface area contributed by atoms with Gasteiger partial charge >= 0.3 is 0 Å². The Morgan fingerprint density at radius 2 is 2.00 bits per heavy atom. The molecule has 1 aromatic heterocycles. The summed E-state index contributed by atoms with van der Waals surface area (Å²) in [5.41, 5.74) is 7.73. The van der Waals surface area contributed by atoms with Crippen LogP contribution in [0.4, 0.5) is 0 Å². The second-order valence-corrected chi connectivity index (χ2v) is 6.84. The Balaban J connectivity index is 2.13. The van der Waals surface area contributed by atoms with Crippen LogP contribution in [0.15, 0.2) is 30.7 Å². The van der Waals surface area contributed by atoms with E-state index < -0.39 is 0 Å². The van der Waals surface area contributed by atoms with Gasteiger partial charge in [-0.05, 0) is 37.8 Å². The van der Waals surface area contributed by atoms with Crippen LogP contribution in [0.1, 0.15) is 49.8 Å². The van der Waals surface area contributed by atoms with Crippen molar-refractivity contribution in [1.29, 1.82) is 0 Å². The molecule has 108 valence electrons. The van der Waals surface area contributed by atoms with Crippen LogP contribution in [-0.4, -0.2) is 4.98 Å². The third kappa shape index (κ3) is 1.34. The van der Waals surface area contributed by atoms with Gasteiger partial charge in [0.15, 0.2) is 0 Å². The van der Waals surface area contributed by atoms with Crippen molar-refractivity contribution in [1.82, 2.24) is 4.98 Å². The molecular weight excluding hydrogens is 256 g/mol. The van der Waals surface area contributed by atoms with Gasteiger partial charge in [0.2, 0.25) is 0 Å². The average Bonchev–Trinajstić information content (AvgIpc) is 3.18. The van der Waals surface area contributed by atoms with E-state index in [1.165, 1.54) is 41.6 Å². The van der Waals surface area contributed by atoms with E-state index in [-0.39, 0.29) is 5.54 Å². The summed E-state index contributed by atoms with van der Waals surface area (Å²) in [6.45, 7) is 9.15. The summed E-state index contributed by atoms with van der Waals surface area (Å²) >= 11 is 0. The Labute approximate surface area is 126 Å². The lowest BCUT2D eigenvalue weighted by Gasteiger charge is -2.32. The lowest BCUT2D eigenvalue weighted by Crippen LogP contribution is -2.55. The van der Waals surface area contributed by atoms with Gasteiger partial charge in [0.05, 0.1) is 0 Å². The van der Waals surface area contributed by atoms with Gasteiger partial charge in [0.1, 0.15) is 17.4 Å². The van der Waals surface area contributed by atoms with E-state index in [0.29, 0.717) is 5.41 Å². The molecular formula is C19H23N2+. The van der Waals surface area contributed by atoms with Gasteiger partial charge in [0.25, 0.3) is 6.33 Å². The highest BCUT2D eigenvalue weighted by molar-refractivity contribution is 5.71. The Morgan fingerprint density at radius 3 is 2.71 bits per heavy atom. The molecule has 1 aromatic carbocycles.